The Hall–Kier alpha value is -1.23. The van der Waals surface area contributed by atoms with Crippen molar-refractivity contribution in [1.82, 2.24) is 0 Å². The number of fused-ring (bicyclic) bond motifs is 5. The van der Waals surface area contributed by atoms with Crippen molar-refractivity contribution in [3.8, 4) is 0 Å². The van der Waals surface area contributed by atoms with Gasteiger partial charge in [-0.2, -0.15) is 0 Å². The highest BCUT2D eigenvalue weighted by Crippen LogP contribution is 2.66. The summed E-state index contributed by atoms with van der Waals surface area (Å²) in [7, 11) is 0. The lowest BCUT2D eigenvalue weighted by Crippen LogP contribution is -2.61. The van der Waals surface area contributed by atoms with Gasteiger partial charge < -0.3 is 10.6 Å². The molecule has 0 aromatic carbocycles. The summed E-state index contributed by atoms with van der Waals surface area (Å²) in [6, 6.07) is 0. The largest absolute Gasteiger partial charge is 0.394 e. The summed E-state index contributed by atoms with van der Waals surface area (Å²) in [6.45, 7) is 9.72. The Kier molecular flexibility index (Phi) is 4.76. The Morgan fingerprint density at radius 3 is 2.54 bits per heavy atom. The average molecular weight is 389 g/mol. The Labute approximate surface area is 168 Å². The molecule has 4 saturated carbocycles. The number of Topliss-reactive ketones (excluding diaryl/α,β-unsaturated/α-hetero) is 2. The molecule has 28 heavy (non-hydrogen) atoms. The van der Waals surface area contributed by atoms with Gasteiger partial charge in [0.15, 0.2) is 0 Å². The molecule has 4 aliphatic carbocycles. The van der Waals surface area contributed by atoms with Crippen molar-refractivity contribution in [3.05, 3.63) is 0 Å². The number of ketones is 2. The summed E-state index contributed by atoms with van der Waals surface area (Å²) in [5.74, 6) is 2.10. The van der Waals surface area contributed by atoms with E-state index >= 15 is 0 Å². The first-order valence-corrected chi connectivity index (χ1v) is 11.1. The van der Waals surface area contributed by atoms with E-state index in [0.717, 1.165) is 37.8 Å². The molecule has 0 spiro atoms. The van der Waals surface area contributed by atoms with Crippen LogP contribution in [0.5, 0.6) is 0 Å². The van der Waals surface area contributed by atoms with Gasteiger partial charge in [0.2, 0.25) is 0 Å². The van der Waals surface area contributed by atoms with Crippen molar-refractivity contribution >= 4 is 17.3 Å². The number of hydrogen-bond donors (Lipinski definition) is 1. The van der Waals surface area contributed by atoms with Crippen LogP contribution in [-0.4, -0.2) is 30.4 Å². The van der Waals surface area contributed by atoms with Crippen molar-refractivity contribution in [3.63, 3.8) is 0 Å². The van der Waals surface area contributed by atoms with Crippen molar-refractivity contribution in [2.75, 3.05) is 13.2 Å². The average Bonchev–Trinajstić information content (AvgIpc) is 2.92. The van der Waals surface area contributed by atoms with Crippen LogP contribution < -0.4 is 5.73 Å². The van der Waals surface area contributed by atoms with Crippen LogP contribution in [0.25, 0.3) is 0 Å². The first-order valence-electron chi connectivity index (χ1n) is 11.1. The molecule has 2 N–H and O–H groups in total. The molecule has 0 radical (unpaired) electrons. The van der Waals surface area contributed by atoms with Crippen LogP contribution in [0.1, 0.15) is 72.6 Å². The molecule has 0 bridgehead atoms. The van der Waals surface area contributed by atoms with Gasteiger partial charge in [0.1, 0.15) is 18.2 Å². The molecule has 6 atom stereocenters. The van der Waals surface area contributed by atoms with E-state index in [1.165, 1.54) is 0 Å². The van der Waals surface area contributed by atoms with E-state index in [-0.39, 0.29) is 22.2 Å². The molecule has 0 amide bonds. The highest BCUT2D eigenvalue weighted by molar-refractivity contribution is 5.97. The maximum Gasteiger partial charge on any atom is 0.139 e. The fourth-order valence-electron chi connectivity index (χ4n) is 7.87. The number of oxime groups is 1. The predicted molar refractivity (Wildman–Crippen MR) is 109 cm³/mol. The van der Waals surface area contributed by atoms with Gasteiger partial charge in [0.05, 0.1) is 5.71 Å². The third-order valence-corrected chi connectivity index (χ3v) is 9.16. The van der Waals surface area contributed by atoms with Crippen molar-refractivity contribution < 1.29 is 14.4 Å². The highest BCUT2D eigenvalue weighted by Gasteiger charge is 2.65. The second kappa shape index (κ2) is 6.65. The summed E-state index contributed by atoms with van der Waals surface area (Å²) in [4.78, 5) is 31.6. The van der Waals surface area contributed by atoms with Crippen LogP contribution >= 0.6 is 0 Å². The number of rotatable bonds is 3. The van der Waals surface area contributed by atoms with E-state index in [1.54, 1.807) is 0 Å². The minimum Gasteiger partial charge on any atom is -0.394 e. The second-order valence-electron chi connectivity index (χ2n) is 10.8. The Balaban J connectivity index is 1.66. The van der Waals surface area contributed by atoms with Gasteiger partial charge in [0.25, 0.3) is 0 Å². The maximum absolute atomic E-state index is 13.6. The van der Waals surface area contributed by atoms with Gasteiger partial charge in [-0.15, -0.1) is 0 Å². The van der Waals surface area contributed by atoms with E-state index in [2.05, 4.69) is 32.9 Å². The first-order chi connectivity index (χ1) is 13.2. The molecular weight excluding hydrogens is 352 g/mol. The topological polar surface area (TPSA) is 81.8 Å². The van der Waals surface area contributed by atoms with Gasteiger partial charge in [-0.25, -0.2) is 0 Å². The number of carbonyl (C=O) groups excluding carboxylic acids is 2. The molecule has 5 heteroatoms. The lowest BCUT2D eigenvalue weighted by Gasteiger charge is -2.62. The first kappa shape index (κ1) is 20.1. The van der Waals surface area contributed by atoms with Crippen molar-refractivity contribution in [1.29, 1.82) is 0 Å². The van der Waals surface area contributed by atoms with Gasteiger partial charge in [-0.3, -0.25) is 9.59 Å². The third kappa shape index (κ3) is 2.64. The molecule has 5 nitrogen and oxygen atoms in total. The fraction of sp³-hybridized carbons (Fsp3) is 0.870. The Morgan fingerprint density at radius 2 is 1.82 bits per heavy atom. The standard InChI is InChI=1S/C23H36N2O3/c1-21(2)18(25-28-12-11-24)8-10-23(4)16-7-9-22(3)15(5-6-19(22)27)14(16)13-17(26)20(21)23/h14-16,20H,5-13,24H2,1-4H3/b25-18+/t14-,15-,16-,20?,22-,23+/m0/s1. The number of carbonyl (C=O) groups is 2. The molecule has 0 aromatic heterocycles. The third-order valence-electron chi connectivity index (χ3n) is 9.16. The molecule has 4 rings (SSSR count). The minimum atomic E-state index is -0.296. The molecule has 1 unspecified atom stereocenters. The predicted octanol–water partition coefficient (Wildman–Crippen LogP) is 3.74. The Morgan fingerprint density at radius 1 is 1.07 bits per heavy atom. The molecular formula is C23H36N2O3. The molecule has 0 saturated heterocycles. The molecule has 0 aliphatic heterocycles. The quantitative estimate of drug-likeness (QED) is 0.590. The summed E-state index contributed by atoms with van der Waals surface area (Å²) >= 11 is 0. The zero-order valence-corrected chi connectivity index (χ0v) is 17.9. The molecule has 0 heterocycles. The molecule has 4 aliphatic rings. The van der Waals surface area contributed by atoms with Crippen LogP contribution in [0, 0.1) is 39.9 Å². The van der Waals surface area contributed by atoms with Gasteiger partial charge in [-0.05, 0) is 55.3 Å². The highest BCUT2D eigenvalue weighted by atomic mass is 16.6. The maximum atomic E-state index is 13.6. The van der Waals surface area contributed by atoms with Crippen LogP contribution in [0.4, 0.5) is 0 Å². The Bertz CT molecular complexity index is 715. The fourth-order valence-corrected chi connectivity index (χ4v) is 7.87. The van der Waals surface area contributed by atoms with Crippen LogP contribution in [0.2, 0.25) is 0 Å². The lowest BCUT2D eigenvalue weighted by atomic mass is 9.41. The van der Waals surface area contributed by atoms with Crippen LogP contribution in [0.15, 0.2) is 5.16 Å². The van der Waals surface area contributed by atoms with E-state index in [1.807, 2.05) is 0 Å². The molecule has 4 fully saturated rings. The smallest absolute Gasteiger partial charge is 0.139 e. The number of hydrogen-bond acceptors (Lipinski definition) is 5. The van der Waals surface area contributed by atoms with Crippen molar-refractivity contribution in [2.24, 2.45) is 50.8 Å². The summed E-state index contributed by atoms with van der Waals surface area (Å²) in [5, 5.41) is 4.40. The minimum absolute atomic E-state index is 0.0106. The van der Waals surface area contributed by atoms with E-state index in [0.29, 0.717) is 55.3 Å². The zero-order chi connectivity index (χ0) is 20.3. The van der Waals surface area contributed by atoms with Gasteiger partial charge >= 0.3 is 0 Å². The van der Waals surface area contributed by atoms with Crippen LogP contribution in [0.3, 0.4) is 0 Å². The van der Waals surface area contributed by atoms with E-state index in [9.17, 15) is 9.59 Å². The summed E-state index contributed by atoms with van der Waals surface area (Å²) < 4.78 is 0. The molecule has 156 valence electrons. The normalized spacial score (nSPS) is 46.1. The monoisotopic (exact) mass is 388 g/mol. The molecule has 0 aromatic rings. The van der Waals surface area contributed by atoms with E-state index in [4.69, 9.17) is 10.6 Å². The van der Waals surface area contributed by atoms with Gasteiger partial charge in [-0.1, -0.05) is 32.9 Å². The summed E-state index contributed by atoms with van der Waals surface area (Å²) in [6.07, 6.45) is 6.26. The van der Waals surface area contributed by atoms with Crippen molar-refractivity contribution in [2.45, 2.75) is 72.6 Å². The van der Waals surface area contributed by atoms with Gasteiger partial charge in [0, 0.05) is 36.1 Å². The zero-order valence-electron chi connectivity index (χ0n) is 17.9. The SMILES string of the molecule is CC1(C)/C(=N/OCCN)CC[C@@]2(C)C1C(=O)C[C@@H]1[C@@H]2CC[C@]2(C)C(=O)CC[C@@H]12. The summed E-state index contributed by atoms with van der Waals surface area (Å²) in [5.41, 5.74) is 6.04. The van der Waals surface area contributed by atoms with Crippen LogP contribution in [-0.2, 0) is 14.4 Å². The number of nitrogens with zero attached hydrogens (tertiary/aromatic N) is 1. The number of nitrogens with two attached hydrogens (primary N) is 1. The lowest BCUT2D eigenvalue weighted by molar-refractivity contribution is -0.160. The van der Waals surface area contributed by atoms with E-state index < -0.39 is 0 Å². The second-order valence-corrected chi connectivity index (χ2v) is 10.8.